The fourth-order valence-corrected chi connectivity index (χ4v) is 11.6. The monoisotopic (exact) mass is 815 g/mol. The second kappa shape index (κ2) is 13.6. The lowest BCUT2D eigenvalue weighted by atomic mass is 9.95. The average Bonchev–Trinajstić information content (AvgIpc) is 4.01. The Bertz CT molecular complexity index is 3700. The summed E-state index contributed by atoms with van der Waals surface area (Å²) in [6.07, 6.45) is 1.90. The van der Waals surface area contributed by atoms with Gasteiger partial charge in [-0.3, -0.25) is 0 Å². The molecule has 5 heterocycles. The van der Waals surface area contributed by atoms with E-state index in [9.17, 15) is 0 Å². The van der Waals surface area contributed by atoms with Crippen LogP contribution in [0.4, 0.5) is 0 Å². The van der Waals surface area contributed by atoms with Crippen molar-refractivity contribution < 1.29 is 4.68 Å². The summed E-state index contributed by atoms with van der Waals surface area (Å²) in [5, 5.41) is 13.9. The number of aromatic nitrogens is 5. The Labute approximate surface area is 359 Å². The van der Waals surface area contributed by atoms with Gasteiger partial charge in [0.05, 0.1) is 5.95 Å². The van der Waals surface area contributed by atoms with Crippen molar-refractivity contribution in [3.05, 3.63) is 194 Å². The Morgan fingerprint density at radius 1 is 0.525 bits per heavy atom. The number of hydrogen-bond donors (Lipinski definition) is 0. The Morgan fingerprint density at radius 2 is 1.23 bits per heavy atom. The lowest BCUT2D eigenvalue weighted by molar-refractivity contribution is -0.737. The first-order valence-corrected chi connectivity index (χ1v) is 22.1. The van der Waals surface area contributed by atoms with E-state index < -0.39 is 0 Å². The fraction of sp³-hybridized carbons (Fsp3) is 0.0185. The van der Waals surface area contributed by atoms with Gasteiger partial charge in [0.15, 0.2) is 5.82 Å². The SMILES string of the molecule is c1ccc(C[n+]2[n-]c(-n3c4ccccc4c4ccc(-c5ccc6c(c5)sc5c7cccc8c7c(cc65)-c5cccnc5S8)cc43)nc2-c2ccc(-c3ccccc3)cc2)cc1. The van der Waals surface area contributed by atoms with E-state index in [0.717, 1.165) is 33.0 Å². The second-order valence-electron chi connectivity index (χ2n) is 15.7. The maximum atomic E-state index is 5.36. The van der Waals surface area contributed by atoms with E-state index in [2.05, 4.69) is 185 Å². The predicted molar refractivity (Wildman–Crippen MR) is 252 cm³/mol. The zero-order valence-corrected chi connectivity index (χ0v) is 34.3. The first-order valence-electron chi connectivity index (χ1n) is 20.5. The molecule has 8 aromatic carbocycles. The summed E-state index contributed by atoms with van der Waals surface area (Å²) < 4.78 is 6.90. The van der Waals surface area contributed by atoms with Crippen LogP contribution in [0.1, 0.15) is 5.56 Å². The molecule has 61 heavy (non-hydrogen) atoms. The van der Waals surface area contributed by atoms with Crippen LogP contribution in [0, 0.1) is 0 Å². The standard InChI is InChI=1S/C54H33N5S2/c1-3-11-33(12-4-1)32-58-52(36-22-20-35(21-23-36)34-13-5-2-6-14-34)56-54(57-58)59-46-18-8-7-15-39(46)40-26-24-37(29-47(40)59)38-25-27-41-45-31-44-42-17-10-28-55-53(42)61-48-19-9-16-43(50(44)48)51(45)60-49(41)30-38/h1-31H,32H2. The number of rotatable bonds is 6. The lowest BCUT2D eigenvalue weighted by Gasteiger charge is -2.19. The minimum absolute atomic E-state index is 0.599. The van der Waals surface area contributed by atoms with Crippen molar-refractivity contribution in [1.82, 2.24) is 19.6 Å². The normalized spacial score (nSPS) is 12.3. The van der Waals surface area contributed by atoms with Crippen LogP contribution in [-0.4, -0.2) is 14.5 Å². The molecule has 1 aliphatic heterocycles. The summed E-state index contributed by atoms with van der Waals surface area (Å²) in [4.78, 5) is 11.4. The Morgan fingerprint density at radius 3 is 2.10 bits per heavy atom. The van der Waals surface area contributed by atoms with E-state index in [1.165, 1.54) is 80.0 Å². The van der Waals surface area contributed by atoms with Gasteiger partial charge in [0.25, 0.3) is 0 Å². The summed E-state index contributed by atoms with van der Waals surface area (Å²) in [5.41, 5.74) is 11.5. The molecule has 5 nitrogen and oxygen atoms in total. The molecule has 0 fully saturated rings. The van der Waals surface area contributed by atoms with Crippen LogP contribution >= 0.6 is 23.1 Å². The van der Waals surface area contributed by atoms with E-state index in [1.54, 1.807) is 11.8 Å². The predicted octanol–water partition coefficient (Wildman–Crippen LogP) is 13.5. The number of fused-ring (bicyclic) bond motifs is 9. The molecule has 0 unspecified atom stereocenters. The molecular formula is C54H33N5S2. The highest BCUT2D eigenvalue weighted by molar-refractivity contribution is 7.99. The first kappa shape index (κ1) is 34.5. The number of thiophene rings is 1. The van der Waals surface area contributed by atoms with Gasteiger partial charge in [-0.1, -0.05) is 151 Å². The number of benzene rings is 8. The minimum Gasteiger partial charge on any atom is -0.364 e. The van der Waals surface area contributed by atoms with Gasteiger partial charge in [-0.15, -0.1) is 11.3 Å². The Balaban J connectivity index is 0.961. The van der Waals surface area contributed by atoms with E-state index >= 15 is 0 Å². The molecule has 0 N–H and O–H groups in total. The van der Waals surface area contributed by atoms with E-state index in [0.29, 0.717) is 12.5 Å². The van der Waals surface area contributed by atoms with Gasteiger partial charge in [-0.25, -0.2) is 14.8 Å². The third-order valence-corrected chi connectivity index (χ3v) is 14.4. The molecule has 1 aliphatic rings. The van der Waals surface area contributed by atoms with Gasteiger partial charge in [0.1, 0.15) is 11.6 Å². The molecule has 0 amide bonds. The summed E-state index contributed by atoms with van der Waals surface area (Å²) in [5.74, 6) is 1.47. The van der Waals surface area contributed by atoms with Gasteiger partial charge in [-0.2, -0.15) is 0 Å². The molecular weight excluding hydrogens is 783 g/mol. The number of para-hydroxylation sites is 1. The highest BCUT2D eigenvalue weighted by atomic mass is 32.2. The van der Waals surface area contributed by atoms with Crippen LogP contribution < -0.4 is 9.78 Å². The van der Waals surface area contributed by atoms with Crippen LogP contribution in [0.25, 0.3) is 103 Å². The van der Waals surface area contributed by atoms with Crippen molar-refractivity contribution in [1.29, 1.82) is 0 Å². The van der Waals surface area contributed by atoms with Gasteiger partial charge >= 0.3 is 0 Å². The van der Waals surface area contributed by atoms with Gasteiger partial charge in [0.2, 0.25) is 0 Å². The molecule has 0 spiro atoms. The summed E-state index contributed by atoms with van der Waals surface area (Å²) >= 11 is 3.66. The minimum atomic E-state index is 0.599. The van der Waals surface area contributed by atoms with Crippen molar-refractivity contribution >= 4 is 75.8 Å². The molecule has 0 saturated carbocycles. The fourth-order valence-electron chi connectivity index (χ4n) is 9.25. The summed E-state index contributed by atoms with van der Waals surface area (Å²) in [6, 6.07) is 65.5. The zero-order chi connectivity index (χ0) is 40.0. The van der Waals surface area contributed by atoms with E-state index in [4.69, 9.17) is 15.1 Å². The van der Waals surface area contributed by atoms with Crippen molar-refractivity contribution in [2.75, 3.05) is 0 Å². The highest BCUT2D eigenvalue weighted by Crippen LogP contribution is 2.51. The molecule has 0 atom stereocenters. The second-order valence-corrected chi connectivity index (χ2v) is 17.7. The Kier molecular flexibility index (Phi) is 7.70. The molecule has 7 heteroatoms. The van der Waals surface area contributed by atoms with Gasteiger partial charge in [-0.05, 0) is 97.7 Å². The molecule has 0 radical (unpaired) electrons. The van der Waals surface area contributed by atoms with Gasteiger partial charge in [0, 0.05) is 53.2 Å². The number of pyridine rings is 1. The lowest BCUT2D eigenvalue weighted by Crippen LogP contribution is -2.40. The number of hydrogen-bond acceptors (Lipinski definition) is 4. The van der Waals surface area contributed by atoms with Gasteiger partial charge < -0.3 is 9.55 Å². The number of nitrogens with zero attached hydrogens (tertiary/aromatic N) is 5. The summed E-state index contributed by atoms with van der Waals surface area (Å²) in [6.45, 7) is 0.599. The largest absolute Gasteiger partial charge is 0.364 e. The molecule has 0 aliphatic carbocycles. The van der Waals surface area contributed by atoms with Crippen molar-refractivity contribution in [3.63, 3.8) is 0 Å². The topological polar surface area (TPSA) is 48.7 Å². The highest BCUT2D eigenvalue weighted by Gasteiger charge is 2.23. The third-order valence-electron chi connectivity index (χ3n) is 12.1. The van der Waals surface area contributed by atoms with Crippen LogP contribution in [-0.2, 0) is 6.54 Å². The third kappa shape index (κ3) is 5.51. The maximum absolute atomic E-state index is 5.36. The molecule has 0 bridgehead atoms. The summed E-state index contributed by atoms with van der Waals surface area (Å²) in [7, 11) is 0. The molecule has 0 saturated heterocycles. The molecule has 12 aromatic rings. The van der Waals surface area contributed by atoms with Crippen LogP contribution in [0.5, 0.6) is 0 Å². The maximum Gasteiger partial charge on any atom is 0.165 e. The van der Waals surface area contributed by atoms with Crippen LogP contribution in [0.3, 0.4) is 0 Å². The Hall–Kier alpha value is -7.32. The molecule has 286 valence electrons. The quantitative estimate of drug-likeness (QED) is 0.157. The van der Waals surface area contributed by atoms with Crippen molar-refractivity contribution in [2.45, 2.75) is 16.5 Å². The van der Waals surface area contributed by atoms with Crippen molar-refractivity contribution in [3.8, 4) is 50.7 Å². The average molecular weight is 816 g/mol. The van der Waals surface area contributed by atoms with Crippen LogP contribution in [0.15, 0.2) is 198 Å². The first-order chi connectivity index (χ1) is 30.2. The van der Waals surface area contributed by atoms with E-state index in [-0.39, 0.29) is 0 Å². The van der Waals surface area contributed by atoms with Crippen LogP contribution in [0.2, 0.25) is 0 Å². The zero-order valence-electron chi connectivity index (χ0n) is 32.7. The molecule has 4 aromatic heterocycles. The van der Waals surface area contributed by atoms with Crippen molar-refractivity contribution in [2.24, 2.45) is 0 Å². The molecule has 13 rings (SSSR count). The smallest absolute Gasteiger partial charge is 0.165 e. The van der Waals surface area contributed by atoms with E-state index in [1.807, 2.05) is 23.6 Å².